The molecule has 2 aromatic rings. The maximum atomic E-state index is 12.6. The van der Waals surface area contributed by atoms with Crippen molar-refractivity contribution in [3.05, 3.63) is 47.2 Å². The molecule has 6 heteroatoms. The number of aromatic nitrogens is 2. The van der Waals surface area contributed by atoms with Crippen molar-refractivity contribution in [1.82, 2.24) is 14.7 Å². The zero-order valence-electron chi connectivity index (χ0n) is 12.9. The molecule has 0 fully saturated rings. The van der Waals surface area contributed by atoms with E-state index < -0.39 is 6.10 Å². The van der Waals surface area contributed by atoms with Crippen molar-refractivity contribution >= 4 is 17.5 Å². The van der Waals surface area contributed by atoms with Gasteiger partial charge >= 0.3 is 0 Å². The van der Waals surface area contributed by atoms with Crippen LogP contribution in [0.2, 0.25) is 5.02 Å². The molecule has 1 unspecified atom stereocenters. The maximum absolute atomic E-state index is 12.6. The highest BCUT2D eigenvalue weighted by atomic mass is 35.5. The topological polar surface area (TPSA) is 58.4 Å². The standard InChI is InChI=1S/C16H20ClN3O2/c1-11(2)19(9-12(3)21)16(22)13-8-18-20(10-13)15-7-5-4-6-14(15)17/h4-8,10-12,21H,9H2,1-3H3. The summed E-state index contributed by atoms with van der Waals surface area (Å²) >= 11 is 6.14. The van der Waals surface area contributed by atoms with Crippen molar-refractivity contribution in [1.29, 1.82) is 0 Å². The van der Waals surface area contributed by atoms with Crippen LogP contribution >= 0.6 is 11.6 Å². The van der Waals surface area contributed by atoms with Gasteiger partial charge in [-0.15, -0.1) is 0 Å². The van der Waals surface area contributed by atoms with Crippen LogP contribution in [0.15, 0.2) is 36.7 Å². The molecule has 0 saturated carbocycles. The lowest BCUT2D eigenvalue weighted by molar-refractivity contribution is 0.0579. The summed E-state index contributed by atoms with van der Waals surface area (Å²) in [5, 5.41) is 14.3. The molecule has 0 spiro atoms. The van der Waals surface area contributed by atoms with Crippen molar-refractivity contribution < 1.29 is 9.90 Å². The molecule has 118 valence electrons. The van der Waals surface area contributed by atoms with E-state index in [4.69, 9.17) is 11.6 Å². The number of carbonyl (C=O) groups excluding carboxylic acids is 1. The molecule has 2 rings (SSSR count). The lowest BCUT2D eigenvalue weighted by Crippen LogP contribution is -2.41. The number of para-hydroxylation sites is 1. The molecule has 0 aliphatic carbocycles. The van der Waals surface area contributed by atoms with E-state index in [1.54, 1.807) is 28.8 Å². The number of rotatable bonds is 5. The lowest BCUT2D eigenvalue weighted by atomic mass is 10.2. The first-order chi connectivity index (χ1) is 10.4. The van der Waals surface area contributed by atoms with E-state index in [0.29, 0.717) is 10.6 Å². The van der Waals surface area contributed by atoms with E-state index in [9.17, 15) is 9.90 Å². The summed E-state index contributed by atoms with van der Waals surface area (Å²) in [6.07, 6.45) is 2.59. The minimum absolute atomic E-state index is 0.00855. The Hall–Kier alpha value is -1.85. The highest BCUT2D eigenvalue weighted by molar-refractivity contribution is 6.32. The number of aliphatic hydroxyl groups excluding tert-OH is 1. The number of halogens is 1. The molecular formula is C16H20ClN3O2. The number of aliphatic hydroxyl groups is 1. The van der Waals surface area contributed by atoms with Gasteiger partial charge in [0.05, 0.1) is 28.6 Å². The van der Waals surface area contributed by atoms with Gasteiger partial charge in [0.1, 0.15) is 0 Å². The average Bonchev–Trinajstić information content (AvgIpc) is 2.93. The first-order valence-corrected chi connectivity index (χ1v) is 7.56. The van der Waals surface area contributed by atoms with Gasteiger partial charge in [0.15, 0.2) is 0 Å². The van der Waals surface area contributed by atoms with Gasteiger partial charge in [0.2, 0.25) is 0 Å². The molecule has 1 atom stereocenters. The van der Waals surface area contributed by atoms with Crippen LogP contribution in [0.4, 0.5) is 0 Å². The van der Waals surface area contributed by atoms with Crippen molar-refractivity contribution in [3.63, 3.8) is 0 Å². The van der Waals surface area contributed by atoms with Gasteiger partial charge in [-0.2, -0.15) is 5.10 Å². The second-order valence-electron chi connectivity index (χ2n) is 5.53. The first-order valence-electron chi connectivity index (χ1n) is 7.18. The molecule has 22 heavy (non-hydrogen) atoms. The Morgan fingerprint density at radius 3 is 2.64 bits per heavy atom. The monoisotopic (exact) mass is 321 g/mol. The van der Waals surface area contributed by atoms with Gasteiger partial charge in [-0.1, -0.05) is 23.7 Å². The van der Waals surface area contributed by atoms with Crippen LogP contribution < -0.4 is 0 Å². The summed E-state index contributed by atoms with van der Waals surface area (Å²) in [6.45, 7) is 5.78. The average molecular weight is 322 g/mol. The van der Waals surface area contributed by atoms with Gasteiger partial charge in [-0.3, -0.25) is 4.79 Å². The molecule has 0 bridgehead atoms. The Balaban J connectivity index is 2.27. The summed E-state index contributed by atoms with van der Waals surface area (Å²) < 4.78 is 1.58. The number of nitrogens with zero attached hydrogens (tertiary/aromatic N) is 3. The lowest BCUT2D eigenvalue weighted by Gasteiger charge is -2.27. The van der Waals surface area contributed by atoms with Crippen LogP contribution in [-0.2, 0) is 0 Å². The summed E-state index contributed by atoms with van der Waals surface area (Å²) in [6, 6.07) is 7.29. The minimum Gasteiger partial charge on any atom is -0.392 e. The fourth-order valence-corrected chi connectivity index (χ4v) is 2.40. The van der Waals surface area contributed by atoms with Crippen molar-refractivity contribution in [2.45, 2.75) is 32.9 Å². The number of carbonyl (C=O) groups is 1. The van der Waals surface area contributed by atoms with Gasteiger partial charge in [-0.25, -0.2) is 4.68 Å². The summed E-state index contributed by atoms with van der Waals surface area (Å²) in [5.41, 5.74) is 1.18. The SMILES string of the molecule is CC(O)CN(C(=O)c1cnn(-c2ccccc2Cl)c1)C(C)C. The Morgan fingerprint density at radius 2 is 2.05 bits per heavy atom. The minimum atomic E-state index is -0.579. The third-order valence-corrected chi connectivity index (χ3v) is 3.59. The summed E-state index contributed by atoms with van der Waals surface area (Å²) in [5.74, 6) is -0.158. The van der Waals surface area contributed by atoms with Gasteiger partial charge in [0.25, 0.3) is 5.91 Å². The molecule has 0 saturated heterocycles. The van der Waals surface area contributed by atoms with E-state index in [0.717, 1.165) is 5.69 Å². The molecule has 5 nitrogen and oxygen atoms in total. The van der Waals surface area contributed by atoms with Crippen LogP contribution in [0.5, 0.6) is 0 Å². The normalized spacial score (nSPS) is 12.5. The largest absolute Gasteiger partial charge is 0.392 e. The highest BCUT2D eigenvalue weighted by Gasteiger charge is 2.21. The van der Waals surface area contributed by atoms with E-state index in [2.05, 4.69) is 5.10 Å². The molecule has 0 aliphatic rings. The van der Waals surface area contributed by atoms with Gasteiger partial charge in [0, 0.05) is 18.8 Å². The third kappa shape index (κ3) is 3.67. The third-order valence-electron chi connectivity index (χ3n) is 3.27. The van der Waals surface area contributed by atoms with E-state index in [1.807, 2.05) is 32.0 Å². The van der Waals surface area contributed by atoms with E-state index >= 15 is 0 Å². The number of benzene rings is 1. The molecular weight excluding hydrogens is 302 g/mol. The smallest absolute Gasteiger partial charge is 0.257 e. The molecule has 0 aliphatic heterocycles. The van der Waals surface area contributed by atoms with Gasteiger partial charge in [-0.05, 0) is 32.9 Å². The Labute approximate surface area is 135 Å². The molecule has 1 heterocycles. The van der Waals surface area contributed by atoms with Crippen LogP contribution in [0.1, 0.15) is 31.1 Å². The first kappa shape index (κ1) is 16.5. The predicted molar refractivity (Wildman–Crippen MR) is 86.4 cm³/mol. The van der Waals surface area contributed by atoms with Crippen LogP contribution in [0, 0.1) is 0 Å². The van der Waals surface area contributed by atoms with Crippen LogP contribution in [0.25, 0.3) is 5.69 Å². The fraction of sp³-hybridized carbons (Fsp3) is 0.375. The quantitative estimate of drug-likeness (QED) is 0.921. The Morgan fingerprint density at radius 1 is 1.36 bits per heavy atom. The summed E-state index contributed by atoms with van der Waals surface area (Å²) in [7, 11) is 0. The predicted octanol–water partition coefficient (Wildman–Crippen LogP) is 2.76. The molecule has 1 aromatic carbocycles. The second-order valence-corrected chi connectivity index (χ2v) is 5.93. The fourth-order valence-electron chi connectivity index (χ4n) is 2.18. The molecule has 0 radical (unpaired) electrons. The number of amides is 1. The van der Waals surface area contributed by atoms with Crippen molar-refractivity contribution in [2.24, 2.45) is 0 Å². The number of hydrogen-bond acceptors (Lipinski definition) is 3. The zero-order chi connectivity index (χ0) is 16.3. The van der Waals surface area contributed by atoms with Crippen molar-refractivity contribution in [2.75, 3.05) is 6.54 Å². The van der Waals surface area contributed by atoms with Crippen LogP contribution in [-0.4, -0.2) is 44.4 Å². The molecule has 1 amide bonds. The van der Waals surface area contributed by atoms with Gasteiger partial charge < -0.3 is 10.0 Å². The van der Waals surface area contributed by atoms with E-state index in [-0.39, 0.29) is 18.5 Å². The maximum Gasteiger partial charge on any atom is 0.257 e. The second kappa shape index (κ2) is 6.94. The molecule has 1 N–H and O–H groups in total. The Kier molecular flexibility index (Phi) is 5.21. The van der Waals surface area contributed by atoms with Crippen LogP contribution in [0.3, 0.4) is 0 Å². The highest BCUT2D eigenvalue weighted by Crippen LogP contribution is 2.20. The van der Waals surface area contributed by atoms with E-state index in [1.165, 1.54) is 6.20 Å². The zero-order valence-corrected chi connectivity index (χ0v) is 13.7. The Bertz CT molecular complexity index is 652. The van der Waals surface area contributed by atoms with Crippen molar-refractivity contribution in [3.8, 4) is 5.69 Å². The summed E-state index contributed by atoms with van der Waals surface area (Å²) in [4.78, 5) is 14.2. The number of hydrogen-bond donors (Lipinski definition) is 1. The molecule has 1 aromatic heterocycles.